The minimum absolute atomic E-state index is 0.270. The fourth-order valence-corrected chi connectivity index (χ4v) is 4.21. The lowest BCUT2D eigenvalue weighted by Crippen LogP contribution is -2.43. The zero-order chi connectivity index (χ0) is 16.9. The highest BCUT2D eigenvalue weighted by Crippen LogP contribution is 2.22. The molecule has 1 aromatic rings. The van der Waals surface area contributed by atoms with Gasteiger partial charge in [0.25, 0.3) is 0 Å². The summed E-state index contributed by atoms with van der Waals surface area (Å²) < 4.78 is 38.6. The molecule has 7 heteroatoms. The lowest BCUT2D eigenvalue weighted by atomic mass is 10.1. The monoisotopic (exact) mass is 342 g/mol. The standard InChI is InChI=1S/C16H26N2O4S/c1-18(2)11-16(13-6-8-14(21-3)9-7-13)17-23(19,20)15-5-4-10-22-12-15/h6-9,15-17H,4-5,10-12H2,1-3H3/t15-,16+/m0/s1. The molecule has 2 rings (SSSR count). The molecule has 0 unspecified atom stereocenters. The molecular formula is C16H26N2O4S. The summed E-state index contributed by atoms with van der Waals surface area (Å²) in [5.74, 6) is 0.751. The number of likely N-dealkylation sites (N-methyl/N-ethyl adjacent to an activating group) is 1. The Hall–Kier alpha value is -1.15. The number of hydrogen-bond donors (Lipinski definition) is 1. The van der Waals surface area contributed by atoms with Crippen LogP contribution in [-0.4, -0.2) is 59.5 Å². The molecule has 6 nitrogen and oxygen atoms in total. The Balaban J connectivity index is 2.16. The lowest BCUT2D eigenvalue weighted by Gasteiger charge is -2.27. The van der Waals surface area contributed by atoms with E-state index >= 15 is 0 Å². The molecule has 0 saturated carbocycles. The highest BCUT2D eigenvalue weighted by molar-refractivity contribution is 7.90. The second kappa shape index (κ2) is 8.10. The first-order valence-corrected chi connectivity index (χ1v) is 9.34. The first-order valence-electron chi connectivity index (χ1n) is 7.80. The Morgan fingerprint density at radius 3 is 2.57 bits per heavy atom. The Morgan fingerprint density at radius 1 is 1.35 bits per heavy atom. The molecule has 0 bridgehead atoms. The van der Waals surface area contributed by atoms with Crippen LogP contribution in [0.2, 0.25) is 0 Å². The van der Waals surface area contributed by atoms with E-state index in [1.54, 1.807) is 7.11 Å². The molecule has 2 atom stereocenters. The molecule has 1 aromatic carbocycles. The summed E-state index contributed by atoms with van der Waals surface area (Å²) in [5.41, 5.74) is 0.916. The molecule has 1 aliphatic rings. The number of nitrogens with zero attached hydrogens (tertiary/aromatic N) is 1. The van der Waals surface area contributed by atoms with Crippen molar-refractivity contribution in [3.8, 4) is 5.75 Å². The number of methoxy groups -OCH3 is 1. The van der Waals surface area contributed by atoms with Crippen LogP contribution < -0.4 is 9.46 Å². The number of rotatable bonds is 7. The first-order chi connectivity index (χ1) is 10.9. The van der Waals surface area contributed by atoms with Gasteiger partial charge in [-0.25, -0.2) is 13.1 Å². The van der Waals surface area contributed by atoms with Crippen molar-refractivity contribution in [2.75, 3.05) is 41.0 Å². The molecule has 1 saturated heterocycles. The van der Waals surface area contributed by atoms with E-state index in [0.29, 0.717) is 19.6 Å². The number of sulfonamides is 1. The van der Waals surface area contributed by atoms with Crippen LogP contribution in [0.4, 0.5) is 0 Å². The number of nitrogens with one attached hydrogen (secondary N) is 1. The van der Waals surface area contributed by atoms with E-state index in [9.17, 15) is 8.42 Å². The van der Waals surface area contributed by atoms with Crippen LogP contribution in [0.15, 0.2) is 24.3 Å². The maximum absolute atomic E-state index is 12.6. The van der Waals surface area contributed by atoms with Gasteiger partial charge < -0.3 is 14.4 Å². The molecule has 0 spiro atoms. The van der Waals surface area contributed by atoms with Gasteiger partial charge in [0.2, 0.25) is 10.0 Å². The van der Waals surface area contributed by atoms with Crippen LogP contribution in [0.1, 0.15) is 24.4 Å². The number of ether oxygens (including phenoxy) is 2. The lowest BCUT2D eigenvalue weighted by molar-refractivity contribution is 0.0986. The normalized spacial score (nSPS) is 20.4. The second-order valence-electron chi connectivity index (χ2n) is 6.09. The van der Waals surface area contributed by atoms with Gasteiger partial charge in [0, 0.05) is 13.2 Å². The average Bonchev–Trinajstić information content (AvgIpc) is 2.54. The first kappa shape index (κ1) is 18.2. The summed E-state index contributed by atoms with van der Waals surface area (Å²) in [4.78, 5) is 1.97. The summed E-state index contributed by atoms with van der Waals surface area (Å²) in [7, 11) is 2.03. The third-order valence-corrected chi connectivity index (χ3v) is 5.79. The molecule has 0 amide bonds. The molecule has 130 valence electrons. The van der Waals surface area contributed by atoms with Gasteiger partial charge in [-0.2, -0.15) is 0 Å². The summed E-state index contributed by atoms with van der Waals surface area (Å²) in [6.45, 7) is 1.50. The minimum atomic E-state index is -3.42. The van der Waals surface area contributed by atoms with Crippen molar-refractivity contribution in [1.29, 1.82) is 0 Å². The Labute approximate surface area is 138 Å². The molecule has 1 heterocycles. The molecule has 0 radical (unpaired) electrons. The fourth-order valence-electron chi connectivity index (χ4n) is 2.66. The highest BCUT2D eigenvalue weighted by atomic mass is 32.2. The van der Waals surface area contributed by atoms with Gasteiger partial charge in [-0.1, -0.05) is 12.1 Å². The van der Waals surface area contributed by atoms with Crippen LogP contribution >= 0.6 is 0 Å². The van der Waals surface area contributed by atoms with E-state index in [1.807, 2.05) is 43.3 Å². The molecule has 1 N–H and O–H groups in total. The van der Waals surface area contributed by atoms with E-state index in [0.717, 1.165) is 17.7 Å². The van der Waals surface area contributed by atoms with Crippen molar-refractivity contribution in [2.45, 2.75) is 24.1 Å². The largest absolute Gasteiger partial charge is 0.497 e. The van der Waals surface area contributed by atoms with E-state index in [-0.39, 0.29) is 12.6 Å². The van der Waals surface area contributed by atoms with E-state index in [1.165, 1.54) is 0 Å². The minimum Gasteiger partial charge on any atom is -0.497 e. The van der Waals surface area contributed by atoms with Crippen LogP contribution in [0, 0.1) is 0 Å². The number of benzene rings is 1. The molecule has 0 aliphatic carbocycles. The third kappa shape index (κ3) is 5.17. The van der Waals surface area contributed by atoms with Crippen molar-refractivity contribution in [3.63, 3.8) is 0 Å². The van der Waals surface area contributed by atoms with Crippen LogP contribution in [-0.2, 0) is 14.8 Å². The van der Waals surface area contributed by atoms with Gasteiger partial charge in [0.1, 0.15) is 5.75 Å². The predicted octanol–water partition coefficient (Wildman–Crippen LogP) is 1.40. The van der Waals surface area contributed by atoms with Crippen molar-refractivity contribution >= 4 is 10.0 Å². The molecule has 1 aliphatic heterocycles. The molecule has 0 aromatic heterocycles. The van der Waals surface area contributed by atoms with Crippen molar-refractivity contribution in [2.24, 2.45) is 0 Å². The average molecular weight is 342 g/mol. The Bertz CT molecular complexity index is 581. The van der Waals surface area contributed by atoms with E-state index in [2.05, 4.69) is 4.72 Å². The number of hydrogen-bond acceptors (Lipinski definition) is 5. The van der Waals surface area contributed by atoms with Crippen LogP contribution in [0.25, 0.3) is 0 Å². The molecular weight excluding hydrogens is 316 g/mol. The maximum Gasteiger partial charge on any atom is 0.217 e. The van der Waals surface area contributed by atoms with Crippen molar-refractivity contribution in [3.05, 3.63) is 29.8 Å². The summed E-state index contributed by atoms with van der Waals surface area (Å²) in [5, 5.41) is -0.473. The maximum atomic E-state index is 12.6. The zero-order valence-corrected chi connectivity index (χ0v) is 14.8. The highest BCUT2D eigenvalue weighted by Gasteiger charge is 2.30. The predicted molar refractivity (Wildman–Crippen MR) is 90.2 cm³/mol. The Morgan fingerprint density at radius 2 is 2.04 bits per heavy atom. The third-order valence-electron chi connectivity index (χ3n) is 3.93. The quantitative estimate of drug-likeness (QED) is 0.811. The van der Waals surface area contributed by atoms with Crippen LogP contribution in [0.5, 0.6) is 5.75 Å². The van der Waals surface area contributed by atoms with E-state index < -0.39 is 15.3 Å². The Kier molecular flexibility index (Phi) is 6.41. The van der Waals surface area contributed by atoms with Crippen molar-refractivity contribution in [1.82, 2.24) is 9.62 Å². The zero-order valence-electron chi connectivity index (χ0n) is 14.0. The second-order valence-corrected chi connectivity index (χ2v) is 8.08. The van der Waals surface area contributed by atoms with Gasteiger partial charge in [-0.3, -0.25) is 0 Å². The van der Waals surface area contributed by atoms with Crippen molar-refractivity contribution < 1.29 is 17.9 Å². The SMILES string of the molecule is COc1ccc([C@@H](CN(C)C)NS(=O)(=O)[C@H]2CCCOC2)cc1. The molecule has 23 heavy (non-hydrogen) atoms. The van der Waals surface area contributed by atoms with Gasteiger partial charge in [0.15, 0.2) is 0 Å². The van der Waals surface area contributed by atoms with Gasteiger partial charge in [-0.15, -0.1) is 0 Å². The molecule has 1 fully saturated rings. The summed E-state index contributed by atoms with van der Waals surface area (Å²) in [6, 6.07) is 7.18. The van der Waals surface area contributed by atoms with Gasteiger partial charge in [0.05, 0.1) is 25.0 Å². The smallest absolute Gasteiger partial charge is 0.217 e. The summed E-state index contributed by atoms with van der Waals surface area (Å²) in [6.07, 6.45) is 1.43. The van der Waals surface area contributed by atoms with E-state index in [4.69, 9.17) is 9.47 Å². The fraction of sp³-hybridized carbons (Fsp3) is 0.625. The topological polar surface area (TPSA) is 67.9 Å². The summed E-state index contributed by atoms with van der Waals surface area (Å²) >= 11 is 0. The van der Waals surface area contributed by atoms with Gasteiger partial charge >= 0.3 is 0 Å². The van der Waals surface area contributed by atoms with Crippen LogP contribution in [0.3, 0.4) is 0 Å². The van der Waals surface area contributed by atoms with Gasteiger partial charge in [-0.05, 0) is 44.6 Å².